The Balaban J connectivity index is 2.12. The molecule has 1 aromatic rings. The lowest BCUT2D eigenvalue weighted by molar-refractivity contribution is 0.218. The fourth-order valence-corrected chi connectivity index (χ4v) is 4.23. The normalized spacial score (nSPS) is 19.6. The van der Waals surface area contributed by atoms with E-state index in [0.717, 1.165) is 25.7 Å². The molecule has 0 radical (unpaired) electrons. The number of nitrogens with one attached hydrogen (secondary N) is 1. The van der Waals surface area contributed by atoms with Gasteiger partial charge in [-0.1, -0.05) is 25.4 Å². The van der Waals surface area contributed by atoms with Gasteiger partial charge in [0.05, 0.1) is 4.90 Å². The van der Waals surface area contributed by atoms with Crippen LogP contribution in [0.25, 0.3) is 0 Å². The van der Waals surface area contributed by atoms with Crippen molar-refractivity contribution in [3.8, 4) is 0 Å². The summed E-state index contributed by atoms with van der Waals surface area (Å²) in [5.74, 6) is 0. The summed E-state index contributed by atoms with van der Waals surface area (Å²) < 4.78 is 27.7. The topological polar surface area (TPSA) is 72.2 Å². The second-order valence-corrected chi connectivity index (χ2v) is 8.64. The Labute approximate surface area is 132 Å². The number of rotatable bonds is 4. The minimum atomic E-state index is -3.51. The Morgan fingerprint density at radius 2 is 1.95 bits per heavy atom. The number of halogens is 1. The highest BCUT2D eigenvalue weighted by Crippen LogP contribution is 2.35. The van der Waals surface area contributed by atoms with Crippen molar-refractivity contribution in [1.82, 2.24) is 4.72 Å². The van der Waals surface area contributed by atoms with Gasteiger partial charge in [0, 0.05) is 17.6 Å². The zero-order chi connectivity index (χ0) is 15.7. The quantitative estimate of drug-likeness (QED) is 0.891. The summed E-state index contributed by atoms with van der Waals surface area (Å²) in [6.07, 6.45) is 3.83. The van der Waals surface area contributed by atoms with Crippen LogP contribution < -0.4 is 10.5 Å². The summed E-state index contributed by atoms with van der Waals surface area (Å²) in [7, 11) is -3.51. The zero-order valence-corrected chi connectivity index (χ0v) is 14.1. The zero-order valence-electron chi connectivity index (χ0n) is 12.5. The third-order valence-corrected chi connectivity index (χ3v) is 6.10. The molecule has 2 rings (SSSR count). The van der Waals surface area contributed by atoms with Crippen molar-refractivity contribution < 1.29 is 8.42 Å². The SMILES string of the molecule is CC1(C)CCC(NS(=O)(=O)c2ccc(Cl)c(CN)c2)CC1. The summed E-state index contributed by atoms with van der Waals surface area (Å²) in [6, 6.07) is 4.68. The van der Waals surface area contributed by atoms with Crippen molar-refractivity contribution >= 4 is 21.6 Å². The summed E-state index contributed by atoms with van der Waals surface area (Å²) in [6.45, 7) is 4.68. The molecule has 0 heterocycles. The number of sulfonamides is 1. The molecule has 1 aliphatic carbocycles. The Bertz CT molecular complexity index is 604. The molecule has 0 saturated heterocycles. The fourth-order valence-electron chi connectivity index (χ4n) is 2.68. The Morgan fingerprint density at radius 3 is 2.52 bits per heavy atom. The smallest absolute Gasteiger partial charge is 0.240 e. The predicted molar refractivity (Wildman–Crippen MR) is 85.7 cm³/mol. The third-order valence-electron chi connectivity index (χ3n) is 4.21. The molecule has 4 nitrogen and oxygen atoms in total. The van der Waals surface area contributed by atoms with Crippen molar-refractivity contribution in [2.75, 3.05) is 0 Å². The predicted octanol–water partition coefficient (Wildman–Crippen LogP) is 3.05. The van der Waals surface area contributed by atoms with Gasteiger partial charge in [-0.3, -0.25) is 0 Å². The Morgan fingerprint density at radius 1 is 1.33 bits per heavy atom. The van der Waals surface area contributed by atoms with E-state index in [2.05, 4.69) is 18.6 Å². The first-order valence-electron chi connectivity index (χ1n) is 7.24. The van der Waals surface area contributed by atoms with Crippen molar-refractivity contribution in [3.63, 3.8) is 0 Å². The van der Waals surface area contributed by atoms with Crippen LogP contribution in [0.1, 0.15) is 45.1 Å². The van der Waals surface area contributed by atoms with E-state index in [9.17, 15) is 8.42 Å². The van der Waals surface area contributed by atoms with Crippen LogP contribution in [-0.2, 0) is 16.6 Å². The largest absolute Gasteiger partial charge is 0.326 e. The van der Waals surface area contributed by atoms with Crippen molar-refractivity contribution in [2.24, 2.45) is 11.1 Å². The molecule has 0 atom stereocenters. The molecule has 0 aliphatic heterocycles. The lowest BCUT2D eigenvalue weighted by Crippen LogP contribution is -2.39. The lowest BCUT2D eigenvalue weighted by atomic mass is 9.76. The number of hydrogen-bond donors (Lipinski definition) is 2. The minimum absolute atomic E-state index is 0.0139. The average Bonchev–Trinajstić information content (AvgIpc) is 2.41. The van der Waals surface area contributed by atoms with Gasteiger partial charge in [0.15, 0.2) is 0 Å². The number of nitrogens with two attached hydrogens (primary N) is 1. The summed E-state index contributed by atoms with van der Waals surface area (Å²) >= 11 is 5.97. The molecule has 1 aromatic carbocycles. The molecule has 0 unspecified atom stereocenters. The molecule has 3 N–H and O–H groups in total. The Kier molecular flexibility index (Phi) is 4.98. The van der Waals surface area contributed by atoms with Crippen LogP contribution in [-0.4, -0.2) is 14.5 Å². The highest BCUT2D eigenvalue weighted by molar-refractivity contribution is 7.89. The van der Waals surface area contributed by atoms with E-state index >= 15 is 0 Å². The van der Waals surface area contributed by atoms with Crippen LogP contribution in [0, 0.1) is 5.41 Å². The van der Waals surface area contributed by atoms with Gasteiger partial charge in [-0.15, -0.1) is 0 Å². The Hall–Kier alpha value is -0.620. The fraction of sp³-hybridized carbons (Fsp3) is 0.600. The van der Waals surface area contributed by atoms with E-state index in [0.29, 0.717) is 16.0 Å². The lowest BCUT2D eigenvalue weighted by Gasteiger charge is -2.34. The molecule has 6 heteroatoms. The van der Waals surface area contributed by atoms with E-state index < -0.39 is 10.0 Å². The highest BCUT2D eigenvalue weighted by Gasteiger charge is 2.29. The molecule has 1 saturated carbocycles. The van der Waals surface area contributed by atoms with Gasteiger partial charge in [0.25, 0.3) is 0 Å². The monoisotopic (exact) mass is 330 g/mol. The standard InChI is InChI=1S/C15H23ClN2O2S/c1-15(2)7-5-12(6-8-15)18-21(19,20)13-3-4-14(16)11(9-13)10-17/h3-4,9,12,18H,5-8,10,17H2,1-2H3. The number of benzene rings is 1. The molecule has 21 heavy (non-hydrogen) atoms. The molecule has 0 aromatic heterocycles. The maximum absolute atomic E-state index is 12.4. The molecule has 0 bridgehead atoms. The molecule has 1 fully saturated rings. The van der Waals surface area contributed by atoms with Crippen LogP contribution in [0.2, 0.25) is 5.02 Å². The van der Waals surface area contributed by atoms with E-state index in [1.54, 1.807) is 12.1 Å². The maximum atomic E-state index is 12.4. The van der Waals surface area contributed by atoms with Crippen LogP contribution in [0.3, 0.4) is 0 Å². The van der Waals surface area contributed by atoms with Gasteiger partial charge in [0.2, 0.25) is 10.0 Å². The van der Waals surface area contributed by atoms with Gasteiger partial charge in [0.1, 0.15) is 0 Å². The van der Waals surface area contributed by atoms with E-state index in [1.807, 2.05) is 0 Å². The first-order chi connectivity index (χ1) is 9.73. The third kappa shape index (κ3) is 4.19. The highest BCUT2D eigenvalue weighted by atomic mass is 35.5. The van der Waals surface area contributed by atoms with E-state index in [1.165, 1.54) is 6.07 Å². The van der Waals surface area contributed by atoms with Gasteiger partial charge in [-0.2, -0.15) is 0 Å². The average molecular weight is 331 g/mol. The van der Waals surface area contributed by atoms with Crippen molar-refractivity contribution in [3.05, 3.63) is 28.8 Å². The maximum Gasteiger partial charge on any atom is 0.240 e. The van der Waals surface area contributed by atoms with Crippen LogP contribution in [0.5, 0.6) is 0 Å². The molecule has 0 spiro atoms. The summed E-state index contributed by atoms with van der Waals surface area (Å²) in [5.41, 5.74) is 6.53. The molecule has 0 amide bonds. The van der Waals surface area contributed by atoms with Gasteiger partial charge in [-0.05, 0) is 54.9 Å². The van der Waals surface area contributed by atoms with Gasteiger partial charge < -0.3 is 5.73 Å². The van der Waals surface area contributed by atoms with E-state index in [4.69, 9.17) is 17.3 Å². The van der Waals surface area contributed by atoms with Crippen LogP contribution >= 0.6 is 11.6 Å². The molecular formula is C15H23ClN2O2S. The van der Waals surface area contributed by atoms with Crippen LogP contribution in [0.15, 0.2) is 23.1 Å². The van der Waals surface area contributed by atoms with Crippen LogP contribution in [0.4, 0.5) is 0 Å². The van der Waals surface area contributed by atoms with Crippen molar-refractivity contribution in [2.45, 2.75) is 57.0 Å². The van der Waals surface area contributed by atoms with E-state index in [-0.39, 0.29) is 17.5 Å². The van der Waals surface area contributed by atoms with Gasteiger partial charge >= 0.3 is 0 Å². The van der Waals surface area contributed by atoms with Crippen molar-refractivity contribution in [1.29, 1.82) is 0 Å². The second kappa shape index (κ2) is 6.24. The molecular weight excluding hydrogens is 308 g/mol. The first-order valence-corrected chi connectivity index (χ1v) is 9.10. The molecule has 1 aliphatic rings. The first kappa shape index (κ1) is 16.7. The molecule has 118 valence electrons. The summed E-state index contributed by atoms with van der Waals surface area (Å²) in [5, 5.41) is 0.496. The second-order valence-electron chi connectivity index (χ2n) is 6.52. The summed E-state index contributed by atoms with van der Waals surface area (Å²) in [4.78, 5) is 0.234. The number of hydrogen-bond acceptors (Lipinski definition) is 3. The minimum Gasteiger partial charge on any atom is -0.326 e. The van der Waals surface area contributed by atoms with Gasteiger partial charge in [-0.25, -0.2) is 13.1 Å².